The first-order chi connectivity index (χ1) is 11.0. The van der Waals surface area contributed by atoms with E-state index in [0.717, 1.165) is 0 Å². The van der Waals surface area contributed by atoms with Gasteiger partial charge in [0.15, 0.2) is 5.25 Å². The highest BCUT2D eigenvalue weighted by Gasteiger charge is 2.51. The molecular weight excluding hydrogens is 372 g/mol. The van der Waals surface area contributed by atoms with Gasteiger partial charge in [0.25, 0.3) is 0 Å². The normalized spacial score (nSPS) is 33.2. The Kier molecular flexibility index (Phi) is 8.28. The topological polar surface area (TPSA) is 205 Å². The van der Waals surface area contributed by atoms with Crippen LogP contribution in [-0.4, -0.2) is 115 Å². The predicted molar refractivity (Wildman–Crippen MR) is 81.5 cm³/mol. The van der Waals surface area contributed by atoms with Crippen molar-refractivity contribution in [2.75, 3.05) is 24.7 Å². The molecule has 0 aromatic carbocycles. The van der Waals surface area contributed by atoms with Crippen LogP contribution in [0.1, 0.15) is 0 Å². The Balaban J connectivity index is 2.89. The lowest BCUT2D eigenvalue weighted by Crippen LogP contribution is -2.51. The van der Waals surface area contributed by atoms with Gasteiger partial charge in [-0.25, -0.2) is 4.18 Å². The standard InChI is InChI=1S/C11H22O11S2/c12-1-5(14)10(18)11(22-24(19,20)21)7(16)4-23-3-6(15)9(17)8(23)2-13/h5-18H,1-4H2/p+1/t5-,6-,7+,8-,9+,10-,11-,23?/m1/s1. The van der Waals surface area contributed by atoms with Gasteiger partial charge in [0.05, 0.1) is 13.2 Å². The smallest absolute Gasteiger partial charge is 0.394 e. The van der Waals surface area contributed by atoms with Gasteiger partial charge in [0, 0.05) is 10.9 Å². The van der Waals surface area contributed by atoms with E-state index in [0.29, 0.717) is 0 Å². The van der Waals surface area contributed by atoms with Crippen molar-refractivity contribution in [1.29, 1.82) is 0 Å². The van der Waals surface area contributed by atoms with Crippen molar-refractivity contribution in [3.05, 3.63) is 0 Å². The van der Waals surface area contributed by atoms with Crippen LogP contribution in [-0.2, 0) is 25.5 Å². The summed E-state index contributed by atoms with van der Waals surface area (Å²) in [6.45, 7) is -1.44. The van der Waals surface area contributed by atoms with Crippen molar-refractivity contribution in [1.82, 2.24) is 0 Å². The fourth-order valence-electron chi connectivity index (χ4n) is 2.42. The maximum absolute atomic E-state index is 10.9. The van der Waals surface area contributed by atoms with Crippen molar-refractivity contribution in [2.45, 2.75) is 41.9 Å². The summed E-state index contributed by atoms with van der Waals surface area (Å²) in [7, 11) is -6.03. The molecule has 1 saturated heterocycles. The molecule has 0 saturated carbocycles. The van der Waals surface area contributed by atoms with Gasteiger partial charge in [0.2, 0.25) is 0 Å². The Labute approximate surface area is 141 Å². The molecule has 1 heterocycles. The summed E-state index contributed by atoms with van der Waals surface area (Å²) in [5.41, 5.74) is 0. The zero-order chi connectivity index (χ0) is 18.7. The van der Waals surface area contributed by atoms with E-state index in [9.17, 15) is 39.1 Å². The summed E-state index contributed by atoms with van der Waals surface area (Å²) in [4.78, 5) is 0. The molecule has 0 spiro atoms. The molecule has 0 aromatic heterocycles. The van der Waals surface area contributed by atoms with Crippen LogP contribution in [0.2, 0.25) is 0 Å². The molecule has 1 fully saturated rings. The zero-order valence-corrected chi connectivity index (χ0v) is 14.1. The van der Waals surface area contributed by atoms with Gasteiger partial charge < -0.3 is 35.7 Å². The highest BCUT2D eigenvalue weighted by atomic mass is 32.3. The van der Waals surface area contributed by atoms with Gasteiger partial charge in [-0.05, 0) is 0 Å². The minimum Gasteiger partial charge on any atom is -0.394 e. The molecule has 8 N–H and O–H groups in total. The maximum atomic E-state index is 10.9. The molecule has 1 aliphatic heterocycles. The lowest BCUT2D eigenvalue weighted by Gasteiger charge is -2.28. The van der Waals surface area contributed by atoms with Crippen LogP contribution in [0.4, 0.5) is 0 Å². The summed E-state index contributed by atoms with van der Waals surface area (Å²) in [6, 6.07) is 0. The maximum Gasteiger partial charge on any atom is 0.397 e. The summed E-state index contributed by atoms with van der Waals surface area (Å²) in [5, 5.41) is 66.0. The molecule has 1 unspecified atom stereocenters. The first-order valence-electron chi connectivity index (χ1n) is 6.95. The molecule has 0 radical (unpaired) electrons. The Morgan fingerprint density at radius 2 is 1.71 bits per heavy atom. The van der Waals surface area contributed by atoms with Crippen LogP contribution in [0, 0.1) is 0 Å². The molecule has 0 bridgehead atoms. The van der Waals surface area contributed by atoms with Crippen LogP contribution in [0.3, 0.4) is 0 Å². The van der Waals surface area contributed by atoms with Crippen molar-refractivity contribution >= 4 is 21.3 Å². The van der Waals surface area contributed by atoms with E-state index in [1.54, 1.807) is 0 Å². The monoisotopic (exact) mass is 395 g/mol. The summed E-state index contributed by atoms with van der Waals surface area (Å²) < 4.78 is 34.7. The van der Waals surface area contributed by atoms with Crippen molar-refractivity contribution in [3.63, 3.8) is 0 Å². The summed E-state index contributed by atoms with van der Waals surface area (Å²) in [6.07, 6.45) is -9.98. The fourth-order valence-corrected chi connectivity index (χ4v) is 5.63. The Bertz CT molecular complexity index is 486. The number of aliphatic hydroxyl groups excluding tert-OH is 7. The van der Waals surface area contributed by atoms with Gasteiger partial charge in [-0.15, -0.1) is 0 Å². The third kappa shape index (κ3) is 5.74. The third-order valence-corrected chi connectivity index (χ3v) is 6.97. The first-order valence-corrected chi connectivity index (χ1v) is 9.95. The summed E-state index contributed by atoms with van der Waals surface area (Å²) in [5.74, 6) is -0.255. The molecule has 11 nitrogen and oxygen atoms in total. The molecule has 0 amide bonds. The molecule has 24 heavy (non-hydrogen) atoms. The average Bonchev–Trinajstić information content (AvgIpc) is 2.76. The highest BCUT2D eigenvalue weighted by Crippen LogP contribution is 2.26. The van der Waals surface area contributed by atoms with Gasteiger partial charge in [-0.2, -0.15) is 8.42 Å². The largest absolute Gasteiger partial charge is 0.397 e. The number of hydrogen-bond acceptors (Lipinski definition) is 10. The van der Waals surface area contributed by atoms with E-state index >= 15 is 0 Å². The highest BCUT2D eigenvalue weighted by molar-refractivity contribution is 7.97. The van der Waals surface area contributed by atoms with E-state index in [4.69, 9.17) is 9.66 Å². The molecule has 0 aromatic rings. The second kappa shape index (κ2) is 9.05. The zero-order valence-electron chi connectivity index (χ0n) is 12.5. The summed E-state index contributed by atoms with van der Waals surface area (Å²) >= 11 is 0. The van der Waals surface area contributed by atoms with E-state index in [2.05, 4.69) is 4.18 Å². The second-order valence-corrected chi connectivity index (χ2v) is 8.84. The molecule has 1 rings (SSSR count). The van der Waals surface area contributed by atoms with Crippen LogP contribution in [0.25, 0.3) is 0 Å². The molecule has 13 heteroatoms. The number of rotatable bonds is 9. The first kappa shape index (κ1) is 22.0. The Morgan fingerprint density at radius 3 is 2.17 bits per heavy atom. The van der Waals surface area contributed by atoms with Crippen LogP contribution in [0.15, 0.2) is 0 Å². The van der Waals surface area contributed by atoms with E-state index in [-0.39, 0.29) is 11.5 Å². The van der Waals surface area contributed by atoms with Crippen LogP contribution in [0.5, 0.6) is 0 Å². The van der Waals surface area contributed by atoms with Crippen molar-refractivity contribution in [3.8, 4) is 0 Å². The van der Waals surface area contributed by atoms with Crippen molar-refractivity contribution < 1.29 is 52.9 Å². The van der Waals surface area contributed by atoms with Gasteiger partial charge >= 0.3 is 10.4 Å². The Hall–Kier alpha value is -0.0600. The molecular formula is C11H23O11S2+. The van der Waals surface area contributed by atoms with Crippen LogP contribution >= 0.6 is 0 Å². The molecule has 8 atom stereocenters. The predicted octanol–water partition coefficient (Wildman–Crippen LogP) is -5.04. The van der Waals surface area contributed by atoms with Crippen molar-refractivity contribution in [2.24, 2.45) is 0 Å². The lowest BCUT2D eigenvalue weighted by molar-refractivity contribution is -0.0999. The SMILES string of the molecule is O=S(=O)(O)O[C@@H]([C@H](O)[C@H](O)CO)[C@@H](O)C[S+]1C[C@@H](O)[C@H](O)[C@H]1CO. The third-order valence-electron chi connectivity index (χ3n) is 3.68. The Morgan fingerprint density at radius 1 is 1.12 bits per heavy atom. The van der Waals surface area contributed by atoms with Gasteiger partial charge in [-0.3, -0.25) is 4.55 Å². The van der Waals surface area contributed by atoms with Gasteiger partial charge in [0.1, 0.15) is 48.1 Å². The van der Waals surface area contributed by atoms with Gasteiger partial charge in [-0.1, -0.05) is 0 Å². The minimum atomic E-state index is -5.09. The molecule has 0 aliphatic carbocycles. The minimum absolute atomic E-state index is 0.0285. The van der Waals surface area contributed by atoms with Crippen LogP contribution < -0.4 is 0 Å². The van der Waals surface area contributed by atoms with E-state index in [1.807, 2.05) is 0 Å². The molecule has 144 valence electrons. The second-order valence-electron chi connectivity index (χ2n) is 5.45. The fraction of sp³-hybridized carbons (Fsp3) is 1.00. The van der Waals surface area contributed by atoms with E-state index in [1.165, 1.54) is 0 Å². The number of hydrogen-bond donors (Lipinski definition) is 8. The number of aliphatic hydroxyl groups is 7. The average molecular weight is 395 g/mol. The van der Waals surface area contributed by atoms with E-state index < -0.39 is 76.4 Å². The molecule has 1 aliphatic rings. The lowest BCUT2D eigenvalue weighted by atomic mass is 10.0. The quantitative estimate of drug-likeness (QED) is 0.137.